The minimum atomic E-state index is -7.06. The van der Waals surface area contributed by atoms with Crippen molar-refractivity contribution in [2.24, 2.45) is 0 Å². The van der Waals surface area contributed by atoms with Crippen molar-refractivity contribution in [3.8, 4) is 0 Å². The van der Waals surface area contributed by atoms with Crippen LogP contribution in [0.25, 0.3) is 0 Å². The molecule has 3 unspecified atom stereocenters. The van der Waals surface area contributed by atoms with Crippen LogP contribution < -0.4 is 0 Å². The molecule has 0 spiro atoms. The van der Waals surface area contributed by atoms with Crippen molar-refractivity contribution in [2.75, 3.05) is 57.8 Å². The van der Waals surface area contributed by atoms with Gasteiger partial charge in [0, 0.05) is 0 Å². The third kappa shape index (κ3) is 7.93. The van der Waals surface area contributed by atoms with Crippen LogP contribution in [-0.4, -0.2) is 140 Å². The maximum absolute atomic E-state index is 13.1. The predicted molar refractivity (Wildman–Crippen MR) is 159 cm³/mol. The molecule has 0 saturated heterocycles. The molecule has 0 aromatic heterocycles. The molecule has 13 nitrogen and oxygen atoms in total. The fourth-order valence-corrected chi connectivity index (χ4v) is 48.9. The van der Waals surface area contributed by atoms with Gasteiger partial charge in [-0.05, 0) is 0 Å². The van der Waals surface area contributed by atoms with Gasteiger partial charge in [0.2, 0.25) is 0 Å². The fraction of sp³-hybridized carbons (Fsp3) is 0.955. The number of hydrogen-bond acceptors (Lipinski definition) is 13. The Morgan fingerprint density at radius 1 is 0.513 bits per heavy atom. The van der Waals surface area contributed by atoms with Crippen LogP contribution in [0.15, 0.2) is 0 Å². The Kier molecular flexibility index (Phi) is 13.6. The monoisotopic (exact) mass is 675 g/mol. The van der Waals surface area contributed by atoms with E-state index in [1.807, 2.05) is 0 Å². The molecule has 0 radical (unpaired) electrons. The summed E-state index contributed by atoms with van der Waals surface area (Å²) in [5.74, 6) is 0. The molecule has 246 valence electrons. The zero-order valence-corrected chi connectivity index (χ0v) is 28.8. The number of carbonyl (C=O) groups excluding carboxylic acids is 1. The van der Waals surface area contributed by atoms with Crippen molar-refractivity contribution in [1.82, 2.24) is 14.7 Å². The molecule has 0 saturated carbocycles. The molecule has 0 amide bonds. The Bertz CT molecular complexity index is 707. The van der Waals surface area contributed by atoms with Crippen LogP contribution in [0.4, 0.5) is 0 Å². The summed E-state index contributed by atoms with van der Waals surface area (Å²) in [6.45, 7) is 17.2. The first kappa shape index (κ1) is 40.0. The van der Waals surface area contributed by atoms with Gasteiger partial charge in [-0.1, -0.05) is 0 Å². The van der Waals surface area contributed by atoms with Gasteiger partial charge in [0.05, 0.1) is 0 Å². The number of nitrogens with zero attached hydrogens (tertiary/aromatic N) is 3. The van der Waals surface area contributed by atoms with Crippen molar-refractivity contribution >= 4 is 23.4 Å². The van der Waals surface area contributed by atoms with E-state index in [4.69, 9.17) is 0 Å². The summed E-state index contributed by atoms with van der Waals surface area (Å²) in [6, 6.07) is -23.9. The summed E-state index contributed by atoms with van der Waals surface area (Å²) in [4.78, 5) is 124. The maximum atomic E-state index is 13.1. The third-order valence-corrected chi connectivity index (χ3v) is 47.3. The Balaban J connectivity index is 7.72. The first-order chi connectivity index (χ1) is 17.4. The summed E-state index contributed by atoms with van der Waals surface area (Å²) in [5, 5.41) is -0.532. The van der Waals surface area contributed by atoms with E-state index in [1.54, 1.807) is 56.2 Å². The van der Waals surface area contributed by atoms with Gasteiger partial charge in [-0.25, -0.2) is 0 Å². The second-order valence-corrected chi connectivity index (χ2v) is 35.2. The van der Waals surface area contributed by atoms with E-state index in [2.05, 4.69) is 0 Å². The third-order valence-electron chi connectivity index (χ3n) is 7.39. The van der Waals surface area contributed by atoms with Crippen molar-refractivity contribution in [2.45, 2.75) is 80.4 Å². The van der Waals surface area contributed by atoms with Gasteiger partial charge >= 0.3 is 236 Å². The molecule has 3 atom stereocenters. The predicted octanol–water partition coefficient (Wildman–Crippen LogP) is 1.09. The molecule has 0 fully saturated rings. The molecule has 0 rings (SSSR count). The molecule has 9 N–H and O–H groups in total. The summed E-state index contributed by atoms with van der Waals surface area (Å²) in [6.07, 6.45) is -3.32. The van der Waals surface area contributed by atoms with Gasteiger partial charge in [0.15, 0.2) is 0 Å². The molecule has 0 aliphatic rings. The molecular formula is C22H58N3NiO10P3. The summed E-state index contributed by atoms with van der Waals surface area (Å²) in [7, 11) is 0. The average Bonchev–Trinajstić information content (AvgIpc) is 2.73. The van der Waals surface area contributed by atoms with E-state index >= 15 is 0 Å². The van der Waals surface area contributed by atoms with Crippen LogP contribution in [0.2, 0.25) is 0 Å². The zero-order valence-electron chi connectivity index (χ0n) is 25.1. The Morgan fingerprint density at radius 2 is 0.692 bits per heavy atom. The Labute approximate surface area is 235 Å². The van der Waals surface area contributed by atoms with Crippen molar-refractivity contribution in [3.63, 3.8) is 0 Å². The van der Waals surface area contributed by atoms with Crippen LogP contribution in [0.3, 0.4) is 0 Å². The summed E-state index contributed by atoms with van der Waals surface area (Å²) in [5.41, 5.74) is 0. The van der Waals surface area contributed by atoms with E-state index in [-0.39, 0.29) is 0 Å². The summed E-state index contributed by atoms with van der Waals surface area (Å²) < 4.78 is 0. The van der Waals surface area contributed by atoms with E-state index in [0.29, 0.717) is 39.3 Å². The van der Waals surface area contributed by atoms with Gasteiger partial charge in [0.25, 0.3) is 0 Å². The Hall–Kier alpha value is 0.974. The van der Waals surface area contributed by atoms with Crippen molar-refractivity contribution in [1.29, 1.82) is 0 Å². The second-order valence-electron chi connectivity index (χ2n) is 10.2. The van der Waals surface area contributed by atoms with E-state index in [1.165, 1.54) is 20.8 Å². The van der Waals surface area contributed by atoms with Crippen LogP contribution in [0.5, 0.6) is 0 Å². The average molecular weight is 676 g/mol. The van der Waals surface area contributed by atoms with Gasteiger partial charge in [-0.15, -0.1) is 0 Å². The molecule has 39 heavy (non-hydrogen) atoms. The molecule has 0 aliphatic carbocycles. The number of hydrogen-bond donors (Lipinski definition) is 9. The number of rotatable bonds is 19. The zero-order chi connectivity index (χ0) is 31.4. The van der Waals surface area contributed by atoms with Crippen LogP contribution in [0, 0.1) is 0 Å². The molecule has 0 bridgehead atoms. The molecule has 0 aliphatic heterocycles. The van der Waals surface area contributed by atoms with Crippen LogP contribution >= 0.6 is 18.2 Å². The van der Waals surface area contributed by atoms with E-state index < -0.39 is 71.1 Å². The minimum absolute atomic E-state index is 0.370. The summed E-state index contributed by atoms with van der Waals surface area (Å²) >= 11 is -5.85. The molecule has 0 aromatic carbocycles. The van der Waals surface area contributed by atoms with Crippen LogP contribution in [0.1, 0.15) is 62.3 Å². The van der Waals surface area contributed by atoms with Gasteiger partial charge in [-0.3, -0.25) is 0 Å². The topological polar surface area (TPSA) is 209 Å². The first-order valence-corrected chi connectivity index (χ1v) is 24.4. The second kappa shape index (κ2) is 13.3. The molecule has 0 aromatic rings. The normalized spacial score (nSPS) is 21.6. The molecule has 17 heteroatoms. The van der Waals surface area contributed by atoms with Gasteiger partial charge in [0.1, 0.15) is 0 Å². The van der Waals surface area contributed by atoms with Gasteiger partial charge < -0.3 is 0 Å². The SMILES string of the molecule is CCN(CC)C(C)C[P](O)(O)(O)[Ni]([CH]=O)([P](O)(O)(O)CC(C)N(CC)CC)[P](O)(O)(O)CC(C)N(CC)CC. The van der Waals surface area contributed by atoms with Gasteiger partial charge in [-0.2, -0.15) is 0 Å². The van der Waals surface area contributed by atoms with Crippen molar-refractivity contribution in [3.05, 3.63) is 0 Å². The quantitative estimate of drug-likeness (QED) is 0.0534. The van der Waals surface area contributed by atoms with E-state index in [0.717, 1.165) is 0 Å². The standard InChI is InChI=1S/3C7H19NO3P.CHO.Ni/c3*1-4-8(5-2)7(3)6-12(9,10)11;1-2;/h3*7,9-11H,4-6H2,1-3H3;1H;/q3*+1;;-3. The fourth-order valence-electron chi connectivity index (χ4n) is 5.46. The molecular weight excluding hydrogens is 618 g/mol. The number of carbonyl (C=O) groups is 1. The van der Waals surface area contributed by atoms with Crippen molar-refractivity contribution < 1.29 is 59.9 Å². The van der Waals surface area contributed by atoms with Crippen LogP contribution in [-0.2, 0) is 15.9 Å². The first-order valence-electron chi connectivity index (χ1n) is 13.5. The Morgan fingerprint density at radius 3 is 0.821 bits per heavy atom. The molecule has 0 heterocycles. The van der Waals surface area contributed by atoms with E-state index in [9.17, 15) is 48.8 Å².